The monoisotopic (exact) mass is 243 g/mol. The van der Waals surface area contributed by atoms with Crippen LogP contribution in [0, 0.1) is 0 Å². The van der Waals surface area contributed by atoms with Crippen molar-refractivity contribution in [3.8, 4) is 0 Å². The van der Waals surface area contributed by atoms with Crippen LogP contribution in [0.4, 0.5) is 4.79 Å². The van der Waals surface area contributed by atoms with Crippen molar-refractivity contribution in [1.29, 1.82) is 0 Å². The number of carbonyl (C=O) groups is 2. The number of nitrogens with one attached hydrogen (secondary N) is 1. The van der Waals surface area contributed by atoms with E-state index < -0.39 is 12.0 Å². The second-order valence-electron chi connectivity index (χ2n) is 4.52. The summed E-state index contributed by atoms with van der Waals surface area (Å²) in [4.78, 5) is 26.5. The fourth-order valence-corrected chi connectivity index (χ4v) is 1.81. The van der Waals surface area contributed by atoms with E-state index in [4.69, 9.17) is 5.11 Å². The molecule has 0 bridgehead atoms. The molecule has 1 aliphatic rings. The van der Waals surface area contributed by atoms with Crippen molar-refractivity contribution in [2.75, 3.05) is 26.7 Å². The van der Waals surface area contributed by atoms with Gasteiger partial charge in [-0.2, -0.15) is 0 Å². The summed E-state index contributed by atoms with van der Waals surface area (Å²) in [6, 6.07) is -0.768. The normalized spacial score (nSPS) is 23.2. The van der Waals surface area contributed by atoms with E-state index in [0.717, 1.165) is 6.54 Å². The molecule has 1 unspecified atom stereocenters. The zero-order valence-electron chi connectivity index (χ0n) is 10.6. The number of carbonyl (C=O) groups excluding carboxylic acids is 1. The molecule has 6 nitrogen and oxygen atoms in total. The predicted molar refractivity (Wildman–Crippen MR) is 63.9 cm³/mol. The Morgan fingerprint density at radius 1 is 1.47 bits per heavy atom. The molecule has 0 aromatic heterocycles. The first-order valence-corrected chi connectivity index (χ1v) is 5.94. The molecule has 2 atom stereocenters. The minimum atomic E-state index is -0.983. The number of urea groups is 1. The third-order valence-corrected chi connectivity index (χ3v) is 3.25. The summed E-state index contributed by atoms with van der Waals surface area (Å²) in [7, 11) is 2.02. The summed E-state index contributed by atoms with van der Waals surface area (Å²) in [6.45, 7) is 5.89. The lowest BCUT2D eigenvalue weighted by molar-refractivity contribution is -0.139. The Balaban J connectivity index is 2.50. The van der Waals surface area contributed by atoms with Gasteiger partial charge in [0.1, 0.15) is 6.04 Å². The molecule has 0 spiro atoms. The third-order valence-electron chi connectivity index (χ3n) is 3.25. The fraction of sp³-hybridized carbons (Fsp3) is 0.818. The van der Waals surface area contributed by atoms with Crippen molar-refractivity contribution in [2.45, 2.75) is 32.4 Å². The molecule has 1 rings (SSSR count). The molecular formula is C11H21N3O3. The maximum absolute atomic E-state index is 11.9. The van der Waals surface area contributed by atoms with Crippen LogP contribution >= 0.6 is 0 Å². The minimum Gasteiger partial charge on any atom is -0.480 e. The van der Waals surface area contributed by atoms with Gasteiger partial charge in [0, 0.05) is 25.7 Å². The Kier molecular flexibility index (Phi) is 4.74. The molecule has 0 saturated carbocycles. The quantitative estimate of drug-likeness (QED) is 0.742. The van der Waals surface area contributed by atoms with Crippen LogP contribution in [0.5, 0.6) is 0 Å². The first-order chi connectivity index (χ1) is 7.95. The number of aliphatic carboxylic acids is 1. The van der Waals surface area contributed by atoms with Gasteiger partial charge in [0.15, 0.2) is 0 Å². The number of likely N-dealkylation sites (N-methyl/N-ethyl adjacent to an activating group) is 1. The van der Waals surface area contributed by atoms with Gasteiger partial charge in [-0.25, -0.2) is 9.59 Å². The van der Waals surface area contributed by atoms with Crippen molar-refractivity contribution < 1.29 is 14.7 Å². The van der Waals surface area contributed by atoms with E-state index in [1.807, 2.05) is 14.0 Å². The van der Waals surface area contributed by atoms with E-state index in [2.05, 4.69) is 10.2 Å². The SMILES string of the molecule is CC[C@@H](NC(=O)N1CCN(C)C(C)C1)C(=O)O. The summed E-state index contributed by atoms with van der Waals surface area (Å²) in [6.07, 6.45) is 0.393. The maximum atomic E-state index is 11.9. The van der Waals surface area contributed by atoms with E-state index in [-0.39, 0.29) is 6.03 Å². The van der Waals surface area contributed by atoms with Crippen LogP contribution in [0.2, 0.25) is 0 Å². The smallest absolute Gasteiger partial charge is 0.326 e. The number of amides is 2. The van der Waals surface area contributed by atoms with E-state index in [1.54, 1.807) is 11.8 Å². The summed E-state index contributed by atoms with van der Waals surface area (Å²) in [5.41, 5.74) is 0. The van der Waals surface area contributed by atoms with Crippen molar-refractivity contribution in [1.82, 2.24) is 15.1 Å². The number of piperazine rings is 1. The highest BCUT2D eigenvalue weighted by molar-refractivity contribution is 5.82. The number of hydrogen-bond acceptors (Lipinski definition) is 3. The third kappa shape index (κ3) is 3.59. The maximum Gasteiger partial charge on any atom is 0.326 e. The van der Waals surface area contributed by atoms with E-state index >= 15 is 0 Å². The largest absolute Gasteiger partial charge is 0.480 e. The molecule has 98 valence electrons. The molecule has 1 aliphatic heterocycles. The van der Waals surface area contributed by atoms with Gasteiger partial charge < -0.3 is 20.2 Å². The molecule has 0 aromatic rings. The number of carboxylic acid groups (broad SMARTS) is 1. The number of nitrogens with zero attached hydrogens (tertiary/aromatic N) is 2. The van der Waals surface area contributed by atoms with Gasteiger partial charge >= 0.3 is 12.0 Å². The van der Waals surface area contributed by atoms with Crippen molar-refractivity contribution in [2.24, 2.45) is 0 Å². The Morgan fingerprint density at radius 3 is 2.59 bits per heavy atom. The summed E-state index contributed by atoms with van der Waals surface area (Å²) in [5, 5.41) is 11.4. The first-order valence-electron chi connectivity index (χ1n) is 5.94. The predicted octanol–water partition coefficient (Wildman–Crippen LogP) is 0.195. The van der Waals surface area contributed by atoms with Gasteiger partial charge in [-0.3, -0.25) is 0 Å². The fourth-order valence-electron chi connectivity index (χ4n) is 1.81. The van der Waals surface area contributed by atoms with Gasteiger partial charge in [0.25, 0.3) is 0 Å². The van der Waals surface area contributed by atoms with Gasteiger partial charge in [0.05, 0.1) is 0 Å². The molecule has 1 fully saturated rings. The molecule has 0 aliphatic carbocycles. The molecule has 2 amide bonds. The molecular weight excluding hydrogens is 222 g/mol. The second-order valence-corrected chi connectivity index (χ2v) is 4.52. The molecule has 6 heteroatoms. The van der Waals surface area contributed by atoms with Crippen LogP contribution in [0.3, 0.4) is 0 Å². The average Bonchev–Trinajstić information content (AvgIpc) is 2.28. The minimum absolute atomic E-state index is 0.279. The Hall–Kier alpha value is -1.30. The van der Waals surface area contributed by atoms with Crippen LogP contribution in [0.25, 0.3) is 0 Å². The lowest BCUT2D eigenvalue weighted by atomic mass is 10.2. The van der Waals surface area contributed by atoms with Crippen LogP contribution < -0.4 is 5.32 Å². The number of rotatable bonds is 3. The van der Waals surface area contributed by atoms with Crippen LogP contribution in [0.15, 0.2) is 0 Å². The summed E-state index contributed by atoms with van der Waals surface area (Å²) < 4.78 is 0. The molecule has 17 heavy (non-hydrogen) atoms. The van der Waals surface area contributed by atoms with Gasteiger partial charge in [-0.15, -0.1) is 0 Å². The van der Waals surface area contributed by atoms with Gasteiger partial charge in [0.2, 0.25) is 0 Å². The van der Waals surface area contributed by atoms with Crippen LogP contribution in [-0.4, -0.2) is 65.7 Å². The lowest BCUT2D eigenvalue weighted by Crippen LogP contribution is -2.56. The van der Waals surface area contributed by atoms with Gasteiger partial charge in [-0.05, 0) is 20.4 Å². The summed E-state index contributed by atoms with van der Waals surface area (Å²) >= 11 is 0. The summed E-state index contributed by atoms with van der Waals surface area (Å²) in [5.74, 6) is -0.983. The van der Waals surface area contributed by atoms with Crippen LogP contribution in [0.1, 0.15) is 20.3 Å². The Morgan fingerprint density at radius 2 is 2.12 bits per heavy atom. The van der Waals surface area contributed by atoms with Crippen molar-refractivity contribution >= 4 is 12.0 Å². The van der Waals surface area contributed by atoms with Crippen LogP contribution in [-0.2, 0) is 4.79 Å². The zero-order chi connectivity index (χ0) is 13.0. The topological polar surface area (TPSA) is 72.9 Å². The average molecular weight is 243 g/mol. The highest BCUT2D eigenvalue weighted by Gasteiger charge is 2.26. The zero-order valence-corrected chi connectivity index (χ0v) is 10.6. The molecule has 2 N–H and O–H groups in total. The van der Waals surface area contributed by atoms with Crippen molar-refractivity contribution in [3.63, 3.8) is 0 Å². The van der Waals surface area contributed by atoms with Gasteiger partial charge in [-0.1, -0.05) is 6.92 Å². The second kappa shape index (κ2) is 5.86. The Bertz CT molecular complexity index is 296. The lowest BCUT2D eigenvalue weighted by Gasteiger charge is -2.37. The molecule has 1 heterocycles. The number of carboxylic acids is 1. The first kappa shape index (κ1) is 13.8. The molecule has 1 saturated heterocycles. The standard InChI is InChI=1S/C11H21N3O3/c1-4-9(10(15)16)12-11(17)14-6-5-13(3)8(2)7-14/h8-9H,4-7H2,1-3H3,(H,12,17)(H,15,16)/t8?,9-/m1/s1. The van der Waals surface area contributed by atoms with E-state index in [9.17, 15) is 9.59 Å². The highest BCUT2D eigenvalue weighted by atomic mass is 16.4. The molecule has 0 radical (unpaired) electrons. The Labute approximate surface area is 102 Å². The molecule has 0 aromatic carbocycles. The number of hydrogen-bond donors (Lipinski definition) is 2. The van der Waals surface area contributed by atoms with E-state index in [1.165, 1.54) is 0 Å². The van der Waals surface area contributed by atoms with Crippen molar-refractivity contribution in [3.05, 3.63) is 0 Å². The highest BCUT2D eigenvalue weighted by Crippen LogP contribution is 2.07. The van der Waals surface area contributed by atoms with E-state index in [0.29, 0.717) is 25.6 Å².